The third kappa shape index (κ3) is 6.22. The molecular formula is C15H27ClN2O3S. The van der Waals surface area contributed by atoms with Crippen LogP contribution in [0.15, 0.2) is 24.3 Å². The van der Waals surface area contributed by atoms with Crippen molar-refractivity contribution in [3.05, 3.63) is 35.4 Å². The summed E-state index contributed by atoms with van der Waals surface area (Å²) in [6, 6.07) is 7.60. The van der Waals surface area contributed by atoms with E-state index < -0.39 is 15.3 Å². The molecular weight excluding hydrogens is 324 g/mol. The minimum absolute atomic E-state index is 0. The Hall–Kier alpha value is -0.660. The summed E-state index contributed by atoms with van der Waals surface area (Å²) >= 11 is 0. The Morgan fingerprint density at radius 2 is 1.64 bits per heavy atom. The summed E-state index contributed by atoms with van der Waals surface area (Å²) in [7, 11) is -1.92. The van der Waals surface area contributed by atoms with Crippen molar-refractivity contribution in [2.75, 3.05) is 20.3 Å². The molecule has 0 saturated heterocycles. The average Bonchev–Trinajstić information content (AvgIpc) is 2.45. The normalized spacial score (nSPS) is 14.5. The monoisotopic (exact) mass is 350 g/mol. The van der Waals surface area contributed by atoms with Crippen molar-refractivity contribution in [1.29, 1.82) is 0 Å². The fraction of sp³-hybridized carbons (Fsp3) is 0.600. The van der Waals surface area contributed by atoms with Gasteiger partial charge in [0.2, 0.25) is 10.0 Å². The number of hydrogen-bond acceptors (Lipinski definition) is 4. The number of hydrogen-bond donors (Lipinski definition) is 2. The fourth-order valence-electron chi connectivity index (χ4n) is 1.92. The van der Waals surface area contributed by atoms with Gasteiger partial charge in [-0.2, -0.15) is 0 Å². The number of ether oxygens (including phenoxy) is 1. The van der Waals surface area contributed by atoms with E-state index in [0.717, 1.165) is 5.56 Å². The first kappa shape index (κ1) is 21.3. The largest absolute Gasteiger partial charge is 0.383 e. The van der Waals surface area contributed by atoms with Gasteiger partial charge in [0.25, 0.3) is 0 Å². The van der Waals surface area contributed by atoms with Crippen LogP contribution < -0.4 is 10.5 Å². The van der Waals surface area contributed by atoms with E-state index in [9.17, 15) is 8.42 Å². The van der Waals surface area contributed by atoms with Crippen molar-refractivity contribution < 1.29 is 13.2 Å². The highest BCUT2D eigenvalue weighted by molar-refractivity contribution is 7.90. The maximum Gasteiger partial charge on any atom is 0.216 e. The highest BCUT2D eigenvalue weighted by Gasteiger charge is 2.21. The number of rotatable bonds is 8. The molecule has 5 nitrogen and oxygen atoms in total. The molecule has 3 N–H and O–H groups in total. The van der Waals surface area contributed by atoms with E-state index in [1.165, 1.54) is 12.7 Å². The second-order valence-electron chi connectivity index (χ2n) is 5.59. The molecule has 0 amide bonds. The zero-order valence-corrected chi connectivity index (χ0v) is 15.2. The second kappa shape index (κ2) is 9.47. The van der Waals surface area contributed by atoms with Crippen molar-refractivity contribution in [2.24, 2.45) is 5.73 Å². The Balaban J connectivity index is 0.00000441. The van der Waals surface area contributed by atoms with Gasteiger partial charge < -0.3 is 10.5 Å². The quantitative estimate of drug-likeness (QED) is 0.753. The molecule has 0 heterocycles. The Kier molecular flexibility index (Phi) is 9.19. The van der Waals surface area contributed by atoms with Crippen LogP contribution in [-0.2, 0) is 14.8 Å². The lowest BCUT2D eigenvalue weighted by molar-refractivity contribution is 0.200. The van der Waals surface area contributed by atoms with Crippen LogP contribution in [0.3, 0.4) is 0 Å². The number of methoxy groups -OCH3 is 1. The maximum absolute atomic E-state index is 12.0. The summed E-state index contributed by atoms with van der Waals surface area (Å²) in [4.78, 5) is 0. The number of nitrogens with one attached hydrogen (secondary N) is 1. The molecule has 0 aliphatic carbocycles. The molecule has 1 aromatic carbocycles. The van der Waals surface area contributed by atoms with E-state index in [1.807, 2.05) is 24.3 Å². The summed E-state index contributed by atoms with van der Waals surface area (Å²) in [6.07, 6.45) is 0. The van der Waals surface area contributed by atoms with Gasteiger partial charge >= 0.3 is 0 Å². The van der Waals surface area contributed by atoms with Crippen LogP contribution in [0, 0.1) is 0 Å². The minimum atomic E-state index is -3.40. The fourth-order valence-corrected chi connectivity index (χ4v) is 2.93. The van der Waals surface area contributed by atoms with Gasteiger partial charge in [-0.25, -0.2) is 13.1 Å². The first-order valence-corrected chi connectivity index (χ1v) is 8.65. The van der Waals surface area contributed by atoms with E-state index in [4.69, 9.17) is 10.5 Å². The molecule has 0 saturated carbocycles. The molecule has 22 heavy (non-hydrogen) atoms. The molecule has 0 radical (unpaired) electrons. The summed E-state index contributed by atoms with van der Waals surface area (Å²) in [5.74, 6) is 0.462. The average molecular weight is 351 g/mol. The third-order valence-corrected chi connectivity index (χ3v) is 5.23. The maximum atomic E-state index is 12.0. The van der Waals surface area contributed by atoms with Crippen molar-refractivity contribution in [1.82, 2.24) is 4.72 Å². The van der Waals surface area contributed by atoms with Gasteiger partial charge in [-0.05, 0) is 24.0 Å². The molecule has 7 heteroatoms. The Morgan fingerprint density at radius 3 is 2.09 bits per heavy atom. The zero-order chi connectivity index (χ0) is 16.0. The van der Waals surface area contributed by atoms with Crippen LogP contribution >= 0.6 is 12.4 Å². The molecule has 1 aromatic rings. The molecule has 0 bridgehead atoms. The highest BCUT2D eigenvalue weighted by atomic mass is 35.5. The molecule has 0 fully saturated rings. The van der Waals surface area contributed by atoms with Gasteiger partial charge in [0.05, 0.1) is 11.9 Å². The molecule has 128 valence electrons. The van der Waals surface area contributed by atoms with Gasteiger partial charge in [-0.15, -0.1) is 12.4 Å². The minimum Gasteiger partial charge on any atom is -0.383 e. The molecule has 1 rings (SSSR count). The highest BCUT2D eigenvalue weighted by Crippen LogP contribution is 2.17. The zero-order valence-electron chi connectivity index (χ0n) is 13.6. The summed E-state index contributed by atoms with van der Waals surface area (Å²) in [5.41, 5.74) is 8.20. The van der Waals surface area contributed by atoms with Crippen LogP contribution in [0.25, 0.3) is 0 Å². The first-order valence-electron chi connectivity index (χ1n) is 7.10. The van der Waals surface area contributed by atoms with Crippen LogP contribution in [0.2, 0.25) is 0 Å². The lowest BCUT2D eigenvalue weighted by atomic mass is 9.99. The molecule has 0 spiro atoms. The predicted molar refractivity (Wildman–Crippen MR) is 93.0 cm³/mol. The summed E-state index contributed by atoms with van der Waals surface area (Å²) in [6.45, 7) is 6.19. The third-order valence-electron chi connectivity index (χ3n) is 3.47. The topological polar surface area (TPSA) is 81.4 Å². The number of benzene rings is 1. The number of sulfonamides is 1. The lowest BCUT2D eigenvalue weighted by Gasteiger charge is -2.17. The predicted octanol–water partition coefficient (Wildman–Crippen LogP) is 2.19. The molecule has 0 aliphatic rings. The Bertz CT molecular complexity index is 532. The van der Waals surface area contributed by atoms with Crippen molar-refractivity contribution in [2.45, 2.75) is 38.0 Å². The van der Waals surface area contributed by atoms with Crippen LogP contribution in [0.5, 0.6) is 0 Å². The van der Waals surface area contributed by atoms with Gasteiger partial charge in [0.15, 0.2) is 0 Å². The van der Waals surface area contributed by atoms with Crippen LogP contribution in [0.1, 0.15) is 43.9 Å². The van der Waals surface area contributed by atoms with Crippen molar-refractivity contribution in [3.8, 4) is 0 Å². The van der Waals surface area contributed by atoms with E-state index in [-0.39, 0.29) is 31.6 Å². The SMILES string of the molecule is COCC(C)S(=O)(=O)NCC(N)c1ccc(C(C)C)cc1.Cl. The van der Waals surface area contributed by atoms with Gasteiger partial charge in [-0.1, -0.05) is 38.1 Å². The van der Waals surface area contributed by atoms with Crippen molar-refractivity contribution in [3.63, 3.8) is 0 Å². The number of nitrogens with two attached hydrogens (primary N) is 1. The summed E-state index contributed by atoms with van der Waals surface area (Å²) in [5, 5.41) is -0.599. The molecule has 2 unspecified atom stereocenters. The second-order valence-corrected chi connectivity index (χ2v) is 7.77. The van der Waals surface area contributed by atoms with E-state index in [2.05, 4.69) is 18.6 Å². The van der Waals surface area contributed by atoms with E-state index >= 15 is 0 Å². The Morgan fingerprint density at radius 1 is 1.14 bits per heavy atom. The summed E-state index contributed by atoms with van der Waals surface area (Å²) < 4.78 is 31.3. The van der Waals surface area contributed by atoms with Crippen molar-refractivity contribution >= 4 is 22.4 Å². The smallest absolute Gasteiger partial charge is 0.216 e. The van der Waals surface area contributed by atoms with Gasteiger partial charge in [0, 0.05) is 19.7 Å². The number of halogens is 1. The molecule has 0 aromatic heterocycles. The van der Waals surface area contributed by atoms with Gasteiger partial charge in [0.1, 0.15) is 0 Å². The molecule has 2 atom stereocenters. The van der Waals surface area contributed by atoms with Crippen LogP contribution in [-0.4, -0.2) is 33.9 Å². The first-order chi connectivity index (χ1) is 9.77. The van der Waals surface area contributed by atoms with Crippen LogP contribution in [0.4, 0.5) is 0 Å². The van der Waals surface area contributed by atoms with E-state index in [0.29, 0.717) is 5.92 Å². The van der Waals surface area contributed by atoms with E-state index in [1.54, 1.807) is 6.92 Å². The standard InChI is InChI=1S/C15H26N2O3S.ClH/c1-11(2)13-5-7-14(8-6-13)15(16)9-17-21(18,19)12(3)10-20-4;/h5-8,11-12,15,17H,9-10,16H2,1-4H3;1H. The lowest BCUT2D eigenvalue weighted by Crippen LogP contribution is -2.39. The van der Waals surface area contributed by atoms with Gasteiger partial charge in [-0.3, -0.25) is 0 Å². The molecule has 0 aliphatic heterocycles. The Labute approximate surface area is 140 Å².